The van der Waals surface area contributed by atoms with E-state index in [-0.39, 0.29) is 29.9 Å². The first-order valence-corrected chi connectivity index (χ1v) is 11.0. The fourth-order valence-electron chi connectivity index (χ4n) is 3.92. The maximum Gasteiger partial charge on any atom is 0.416 e. The number of ether oxygens (including phenoxy) is 1. The summed E-state index contributed by atoms with van der Waals surface area (Å²) in [5.41, 5.74) is 0.501. The summed E-state index contributed by atoms with van der Waals surface area (Å²) in [5, 5.41) is 13.5. The largest absolute Gasteiger partial charge is 0.472 e. The number of carbonyl (C=O) groups excluding carboxylic acids is 1. The Morgan fingerprint density at radius 3 is 2.46 bits per heavy atom. The summed E-state index contributed by atoms with van der Waals surface area (Å²) in [6.07, 6.45) is -3.04. The second-order valence-electron chi connectivity index (χ2n) is 8.31. The maximum atomic E-state index is 13.1. The van der Waals surface area contributed by atoms with Gasteiger partial charge in [0.25, 0.3) is 5.91 Å². The minimum Gasteiger partial charge on any atom is -0.472 e. The standard InChI is InChI=1S/C24H22F3N5O3/c1-14-20(23(33)32-9-7-17(8-10-32)21-30-15(2)35-31-21)11-18(12-28)22(29-14)34-13-16-3-5-19(6-4-16)24(25,26)27/h3-6,11,17H,7-10,13H2,1-2H3. The number of nitrogens with zero attached hydrogens (tertiary/aromatic N) is 5. The van der Waals surface area contributed by atoms with Gasteiger partial charge in [-0.15, -0.1) is 0 Å². The number of aromatic nitrogens is 3. The molecule has 0 spiro atoms. The van der Waals surface area contributed by atoms with Gasteiger partial charge in [-0.05, 0) is 43.5 Å². The zero-order chi connectivity index (χ0) is 25.2. The van der Waals surface area contributed by atoms with Crippen molar-refractivity contribution in [1.29, 1.82) is 5.26 Å². The molecule has 35 heavy (non-hydrogen) atoms. The summed E-state index contributed by atoms with van der Waals surface area (Å²) in [4.78, 5) is 23.4. The molecule has 0 unspecified atom stereocenters. The summed E-state index contributed by atoms with van der Waals surface area (Å²) in [6.45, 7) is 4.31. The summed E-state index contributed by atoms with van der Waals surface area (Å²) < 4.78 is 48.8. The molecule has 3 aromatic rings. The van der Waals surface area contributed by atoms with Gasteiger partial charge in [-0.25, -0.2) is 4.98 Å². The molecule has 1 saturated heterocycles. The van der Waals surface area contributed by atoms with Gasteiger partial charge in [0.1, 0.15) is 18.2 Å². The number of alkyl halides is 3. The van der Waals surface area contributed by atoms with Gasteiger partial charge in [0, 0.05) is 25.9 Å². The van der Waals surface area contributed by atoms with Crippen LogP contribution >= 0.6 is 0 Å². The van der Waals surface area contributed by atoms with Gasteiger partial charge in [0.2, 0.25) is 11.8 Å². The molecule has 11 heteroatoms. The number of amides is 1. The second kappa shape index (κ2) is 9.74. The van der Waals surface area contributed by atoms with Crippen molar-refractivity contribution in [2.45, 2.75) is 45.4 Å². The molecular weight excluding hydrogens is 463 g/mol. The number of hydrogen-bond donors (Lipinski definition) is 0. The predicted molar refractivity (Wildman–Crippen MR) is 116 cm³/mol. The van der Waals surface area contributed by atoms with Crippen LogP contribution in [0.15, 0.2) is 34.9 Å². The normalized spacial score (nSPS) is 14.6. The van der Waals surface area contributed by atoms with E-state index >= 15 is 0 Å². The molecule has 1 amide bonds. The van der Waals surface area contributed by atoms with E-state index in [0.717, 1.165) is 12.1 Å². The van der Waals surface area contributed by atoms with E-state index < -0.39 is 11.7 Å². The van der Waals surface area contributed by atoms with Gasteiger partial charge < -0.3 is 14.2 Å². The lowest BCUT2D eigenvalue weighted by Crippen LogP contribution is -2.38. The number of piperidine rings is 1. The summed E-state index contributed by atoms with van der Waals surface area (Å²) in [5.74, 6) is 1.06. The highest BCUT2D eigenvalue weighted by Crippen LogP contribution is 2.30. The van der Waals surface area contributed by atoms with Gasteiger partial charge in [-0.1, -0.05) is 17.3 Å². The maximum absolute atomic E-state index is 13.1. The van der Waals surface area contributed by atoms with Crippen molar-refractivity contribution in [1.82, 2.24) is 20.0 Å². The van der Waals surface area contributed by atoms with Crippen LogP contribution in [0, 0.1) is 25.2 Å². The van der Waals surface area contributed by atoms with Crippen LogP contribution in [0.2, 0.25) is 0 Å². The smallest absolute Gasteiger partial charge is 0.416 e. The van der Waals surface area contributed by atoms with Crippen LogP contribution in [0.1, 0.15) is 63.2 Å². The average molecular weight is 485 g/mol. The van der Waals surface area contributed by atoms with Gasteiger partial charge in [-0.3, -0.25) is 4.79 Å². The first-order valence-electron chi connectivity index (χ1n) is 11.0. The molecule has 0 N–H and O–H groups in total. The second-order valence-corrected chi connectivity index (χ2v) is 8.31. The zero-order valence-electron chi connectivity index (χ0n) is 19.1. The van der Waals surface area contributed by atoms with E-state index in [1.165, 1.54) is 18.2 Å². The van der Waals surface area contributed by atoms with E-state index in [1.807, 2.05) is 6.07 Å². The van der Waals surface area contributed by atoms with Crippen molar-refractivity contribution >= 4 is 5.91 Å². The van der Waals surface area contributed by atoms with Crippen LogP contribution in [-0.4, -0.2) is 39.0 Å². The van der Waals surface area contributed by atoms with Crippen LogP contribution in [0.3, 0.4) is 0 Å². The van der Waals surface area contributed by atoms with Crippen molar-refractivity contribution < 1.29 is 27.2 Å². The van der Waals surface area contributed by atoms with Crippen molar-refractivity contribution in [3.8, 4) is 11.9 Å². The number of hydrogen-bond acceptors (Lipinski definition) is 7. The van der Waals surface area contributed by atoms with Crippen LogP contribution in [-0.2, 0) is 12.8 Å². The Hall–Kier alpha value is -3.94. The first kappa shape index (κ1) is 24.2. The van der Waals surface area contributed by atoms with Crippen molar-refractivity contribution in [2.24, 2.45) is 0 Å². The predicted octanol–water partition coefficient (Wildman–Crippen LogP) is 4.57. The van der Waals surface area contributed by atoms with Crippen LogP contribution < -0.4 is 4.74 Å². The van der Waals surface area contributed by atoms with Gasteiger partial charge >= 0.3 is 6.18 Å². The molecule has 0 aliphatic carbocycles. The number of likely N-dealkylation sites (tertiary alicyclic amines) is 1. The molecule has 4 rings (SSSR count). The Balaban J connectivity index is 1.43. The average Bonchev–Trinajstić information content (AvgIpc) is 3.28. The third kappa shape index (κ3) is 5.42. The molecule has 3 heterocycles. The Bertz CT molecular complexity index is 1260. The summed E-state index contributed by atoms with van der Waals surface area (Å²) in [7, 11) is 0. The molecule has 1 aliphatic rings. The minimum absolute atomic E-state index is 0.0210. The Labute approximate surface area is 199 Å². The van der Waals surface area contributed by atoms with E-state index in [0.29, 0.717) is 54.5 Å². The Kier molecular flexibility index (Phi) is 6.73. The number of aryl methyl sites for hydroxylation is 2. The lowest BCUT2D eigenvalue weighted by Gasteiger charge is -2.31. The fraction of sp³-hybridized carbons (Fsp3) is 0.375. The monoisotopic (exact) mass is 485 g/mol. The summed E-state index contributed by atoms with van der Waals surface area (Å²) >= 11 is 0. The highest BCUT2D eigenvalue weighted by molar-refractivity contribution is 5.95. The highest BCUT2D eigenvalue weighted by atomic mass is 19.4. The lowest BCUT2D eigenvalue weighted by molar-refractivity contribution is -0.137. The van der Waals surface area contributed by atoms with Crippen LogP contribution in [0.25, 0.3) is 0 Å². The van der Waals surface area contributed by atoms with Gasteiger partial charge in [0.15, 0.2) is 5.82 Å². The van der Waals surface area contributed by atoms with Crippen molar-refractivity contribution in [3.05, 3.63) is 70.0 Å². The molecular formula is C24H22F3N5O3. The molecule has 0 radical (unpaired) electrons. The molecule has 1 fully saturated rings. The molecule has 0 atom stereocenters. The molecule has 8 nitrogen and oxygen atoms in total. The van der Waals surface area contributed by atoms with E-state index in [1.54, 1.807) is 18.7 Å². The van der Waals surface area contributed by atoms with Crippen LogP contribution in [0.4, 0.5) is 13.2 Å². The van der Waals surface area contributed by atoms with Gasteiger partial charge in [0.05, 0.1) is 16.8 Å². The topological polar surface area (TPSA) is 105 Å². The number of nitriles is 1. The van der Waals surface area contributed by atoms with E-state index in [9.17, 15) is 23.2 Å². The number of halogens is 3. The van der Waals surface area contributed by atoms with Crippen molar-refractivity contribution in [3.63, 3.8) is 0 Å². The third-order valence-electron chi connectivity index (χ3n) is 5.88. The number of carbonyl (C=O) groups is 1. The number of pyridine rings is 1. The lowest BCUT2D eigenvalue weighted by atomic mass is 9.95. The number of benzene rings is 1. The fourth-order valence-corrected chi connectivity index (χ4v) is 3.92. The van der Waals surface area contributed by atoms with Crippen molar-refractivity contribution in [2.75, 3.05) is 13.1 Å². The Morgan fingerprint density at radius 1 is 1.20 bits per heavy atom. The highest BCUT2D eigenvalue weighted by Gasteiger charge is 2.30. The molecule has 182 valence electrons. The molecule has 0 bridgehead atoms. The SMILES string of the molecule is Cc1nc(C2CCN(C(=O)c3cc(C#N)c(OCc4ccc(C(F)(F)F)cc4)nc3C)CC2)no1. The minimum atomic E-state index is -4.42. The van der Waals surface area contributed by atoms with Gasteiger partial charge in [-0.2, -0.15) is 23.4 Å². The Morgan fingerprint density at radius 2 is 1.89 bits per heavy atom. The summed E-state index contributed by atoms with van der Waals surface area (Å²) in [6, 6.07) is 7.97. The molecule has 2 aromatic heterocycles. The number of rotatable bonds is 5. The molecule has 0 saturated carbocycles. The quantitative estimate of drug-likeness (QED) is 0.521. The van der Waals surface area contributed by atoms with E-state index in [4.69, 9.17) is 9.26 Å². The molecule has 1 aliphatic heterocycles. The first-order chi connectivity index (χ1) is 16.7. The zero-order valence-corrected chi connectivity index (χ0v) is 19.1. The van der Waals surface area contributed by atoms with Crippen LogP contribution in [0.5, 0.6) is 5.88 Å². The third-order valence-corrected chi connectivity index (χ3v) is 5.88. The molecule has 1 aromatic carbocycles. The van der Waals surface area contributed by atoms with E-state index in [2.05, 4.69) is 15.1 Å².